The SMILES string of the molecule is COc1cc(Oc2nnc(C)s2)nc2c(Cl)c(OCCN3CCOCC3)ccc12. The minimum Gasteiger partial charge on any atom is -0.496 e. The first kappa shape index (κ1) is 20.1. The van der Waals surface area contributed by atoms with Crippen molar-refractivity contribution in [1.82, 2.24) is 20.1 Å². The summed E-state index contributed by atoms with van der Waals surface area (Å²) in [4.78, 5) is 6.85. The molecular formula is C19H21ClN4O4S. The van der Waals surface area contributed by atoms with Crippen molar-refractivity contribution < 1.29 is 18.9 Å². The summed E-state index contributed by atoms with van der Waals surface area (Å²) < 4.78 is 22.5. The first-order valence-corrected chi connectivity index (χ1v) is 10.4. The van der Waals surface area contributed by atoms with E-state index in [1.165, 1.54) is 11.3 Å². The average Bonchev–Trinajstić information content (AvgIpc) is 3.15. The molecule has 0 amide bonds. The Kier molecular flexibility index (Phi) is 6.29. The lowest BCUT2D eigenvalue weighted by molar-refractivity contribution is 0.0322. The molecule has 0 bridgehead atoms. The van der Waals surface area contributed by atoms with Crippen molar-refractivity contribution in [2.24, 2.45) is 0 Å². The number of morpholine rings is 1. The van der Waals surface area contributed by atoms with Crippen LogP contribution in [0, 0.1) is 6.92 Å². The van der Waals surface area contributed by atoms with Gasteiger partial charge in [0, 0.05) is 31.1 Å². The second kappa shape index (κ2) is 9.08. The number of benzene rings is 1. The summed E-state index contributed by atoms with van der Waals surface area (Å²) in [6, 6.07) is 5.42. The lowest BCUT2D eigenvalue weighted by atomic mass is 10.2. The van der Waals surface area contributed by atoms with Gasteiger partial charge in [0.25, 0.3) is 0 Å². The van der Waals surface area contributed by atoms with E-state index >= 15 is 0 Å². The van der Waals surface area contributed by atoms with Gasteiger partial charge in [-0.2, -0.15) is 0 Å². The zero-order chi connectivity index (χ0) is 20.2. The van der Waals surface area contributed by atoms with E-state index in [0.717, 1.165) is 43.2 Å². The quantitative estimate of drug-likeness (QED) is 0.556. The van der Waals surface area contributed by atoms with Crippen molar-refractivity contribution in [2.75, 3.05) is 46.6 Å². The molecule has 0 atom stereocenters. The molecule has 8 nitrogen and oxygen atoms in total. The van der Waals surface area contributed by atoms with Gasteiger partial charge in [-0.25, -0.2) is 4.98 Å². The number of halogens is 1. The average molecular weight is 437 g/mol. The minimum atomic E-state index is 0.331. The van der Waals surface area contributed by atoms with E-state index in [-0.39, 0.29) is 0 Å². The van der Waals surface area contributed by atoms with Gasteiger partial charge in [-0.15, -0.1) is 5.10 Å². The Balaban J connectivity index is 1.55. The first-order valence-electron chi connectivity index (χ1n) is 9.22. The normalized spacial score (nSPS) is 14.9. The van der Waals surface area contributed by atoms with Crippen LogP contribution in [0.4, 0.5) is 0 Å². The Morgan fingerprint density at radius 2 is 2.03 bits per heavy atom. The van der Waals surface area contributed by atoms with Crippen LogP contribution in [0.1, 0.15) is 5.01 Å². The third-order valence-corrected chi connectivity index (χ3v) is 5.59. The van der Waals surface area contributed by atoms with Crippen LogP contribution in [0.5, 0.6) is 22.6 Å². The number of aromatic nitrogens is 3. The van der Waals surface area contributed by atoms with Crippen LogP contribution in [-0.4, -0.2) is 66.6 Å². The Morgan fingerprint density at radius 3 is 2.76 bits per heavy atom. The number of fused-ring (bicyclic) bond motifs is 1. The van der Waals surface area contributed by atoms with Crippen molar-refractivity contribution >= 4 is 33.8 Å². The number of pyridine rings is 1. The molecule has 154 valence electrons. The number of aryl methyl sites for hydroxylation is 1. The number of ether oxygens (including phenoxy) is 4. The summed E-state index contributed by atoms with van der Waals surface area (Å²) >= 11 is 7.95. The molecule has 0 radical (unpaired) electrons. The number of methoxy groups -OCH3 is 1. The second-order valence-corrected chi connectivity index (χ2v) is 7.95. The molecule has 1 saturated heterocycles. The maximum absolute atomic E-state index is 6.61. The lowest BCUT2D eigenvalue weighted by Gasteiger charge is -2.26. The summed E-state index contributed by atoms with van der Waals surface area (Å²) in [6.07, 6.45) is 0. The Bertz CT molecular complexity index is 994. The number of hydrogen-bond donors (Lipinski definition) is 0. The molecule has 0 N–H and O–H groups in total. The number of rotatable bonds is 7. The fourth-order valence-corrected chi connectivity index (χ4v) is 3.84. The summed E-state index contributed by atoms with van der Waals surface area (Å²) in [6.45, 7) is 6.56. The van der Waals surface area contributed by atoms with Crippen molar-refractivity contribution in [3.8, 4) is 22.6 Å². The predicted octanol–water partition coefficient (Wildman–Crippen LogP) is 3.56. The molecule has 0 saturated carbocycles. The molecule has 0 spiro atoms. The van der Waals surface area contributed by atoms with Crippen molar-refractivity contribution in [3.05, 3.63) is 28.2 Å². The van der Waals surface area contributed by atoms with Gasteiger partial charge in [0.2, 0.25) is 5.88 Å². The highest BCUT2D eigenvalue weighted by Crippen LogP contribution is 2.38. The van der Waals surface area contributed by atoms with E-state index in [9.17, 15) is 0 Å². The van der Waals surface area contributed by atoms with Gasteiger partial charge in [-0.1, -0.05) is 28.0 Å². The van der Waals surface area contributed by atoms with Crippen LogP contribution in [0.3, 0.4) is 0 Å². The van der Waals surface area contributed by atoms with Crippen LogP contribution in [0.15, 0.2) is 18.2 Å². The van der Waals surface area contributed by atoms with Gasteiger partial charge in [-0.3, -0.25) is 4.90 Å². The molecule has 1 aliphatic rings. The highest BCUT2D eigenvalue weighted by atomic mass is 35.5. The monoisotopic (exact) mass is 436 g/mol. The summed E-state index contributed by atoms with van der Waals surface area (Å²) in [5.74, 6) is 1.51. The van der Waals surface area contributed by atoms with Crippen LogP contribution in [0.2, 0.25) is 5.02 Å². The third-order valence-electron chi connectivity index (χ3n) is 4.51. The summed E-state index contributed by atoms with van der Waals surface area (Å²) in [7, 11) is 1.59. The maximum atomic E-state index is 6.61. The molecule has 4 rings (SSSR count). The van der Waals surface area contributed by atoms with Crippen LogP contribution in [-0.2, 0) is 4.74 Å². The number of nitrogens with zero attached hydrogens (tertiary/aromatic N) is 4. The maximum Gasteiger partial charge on any atom is 0.300 e. The smallest absolute Gasteiger partial charge is 0.300 e. The van der Waals surface area contributed by atoms with Crippen molar-refractivity contribution in [1.29, 1.82) is 0 Å². The molecule has 2 aromatic heterocycles. The first-order chi connectivity index (χ1) is 14.1. The molecule has 29 heavy (non-hydrogen) atoms. The molecule has 3 aromatic rings. The molecular weight excluding hydrogens is 416 g/mol. The zero-order valence-electron chi connectivity index (χ0n) is 16.2. The molecule has 0 unspecified atom stereocenters. The van der Waals surface area contributed by atoms with Gasteiger partial charge in [0.1, 0.15) is 33.7 Å². The minimum absolute atomic E-state index is 0.331. The second-order valence-electron chi connectivity index (χ2n) is 6.43. The van der Waals surface area contributed by atoms with E-state index in [0.29, 0.717) is 39.7 Å². The topological polar surface area (TPSA) is 78.8 Å². The van der Waals surface area contributed by atoms with E-state index in [4.69, 9.17) is 30.5 Å². The zero-order valence-corrected chi connectivity index (χ0v) is 17.8. The Morgan fingerprint density at radius 1 is 1.21 bits per heavy atom. The summed E-state index contributed by atoms with van der Waals surface area (Å²) in [5, 5.41) is 10.3. The van der Waals surface area contributed by atoms with Crippen LogP contribution >= 0.6 is 22.9 Å². The largest absolute Gasteiger partial charge is 0.496 e. The van der Waals surface area contributed by atoms with Crippen LogP contribution < -0.4 is 14.2 Å². The lowest BCUT2D eigenvalue weighted by Crippen LogP contribution is -2.38. The van der Waals surface area contributed by atoms with Crippen molar-refractivity contribution in [3.63, 3.8) is 0 Å². The van der Waals surface area contributed by atoms with Gasteiger partial charge in [0.15, 0.2) is 0 Å². The van der Waals surface area contributed by atoms with Gasteiger partial charge in [-0.05, 0) is 19.1 Å². The fraction of sp³-hybridized carbons (Fsp3) is 0.421. The Hall–Kier alpha value is -2.20. The molecule has 10 heteroatoms. The third kappa shape index (κ3) is 4.69. The highest BCUT2D eigenvalue weighted by molar-refractivity contribution is 7.13. The molecule has 3 heterocycles. The molecule has 1 fully saturated rings. The fourth-order valence-electron chi connectivity index (χ4n) is 3.04. The van der Waals surface area contributed by atoms with Gasteiger partial charge in [0.05, 0.1) is 20.3 Å². The van der Waals surface area contributed by atoms with E-state index in [1.807, 2.05) is 19.1 Å². The molecule has 1 aliphatic heterocycles. The standard InChI is InChI=1S/C19H21ClN4O4S/c1-12-22-23-19(29-12)28-16-11-15(25-2)13-3-4-14(17(20)18(13)21-16)27-10-7-24-5-8-26-9-6-24/h3-4,11H,5-10H2,1-2H3. The highest BCUT2D eigenvalue weighted by Gasteiger charge is 2.16. The summed E-state index contributed by atoms with van der Waals surface area (Å²) in [5.41, 5.74) is 0.547. The molecule has 0 aliphatic carbocycles. The van der Waals surface area contributed by atoms with Crippen LogP contribution in [0.25, 0.3) is 10.9 Å². The van der Waals surface area contributed by atoms with Gasteiger partial charge < -0.3 is 18.9 Å². The Labute approximate surface area is 177 Å². The van der Waals surface area contributed by atoms with Crippen molar-refractivity contribution in [2.45, 2.75) is 6.92 Å². The van der Waals surface area contributed by atoms with E-state index < -0.39 is 0 Å². The predicted molar refractivity (Wildman–Crippen MR) is 111 cm³/mol. The van der Waals surface area contributed by atoms with E-state index in [2.05, 4.69) is 20.1 Å². The van der Waals surface area contributed by atoms with Gasteiger partial charge >= 0.3 is 5.19 Å². The molecule has 1 aromatic carbocycles. The van der Waals surface area contributed by atoms with E-state index in [1.54, 1.807) is 13.2 Å². The number of hydrogen-bond acceptors (Lipinski definition) is 9.